The predicted molar refractivity (Wildman–Crippen MR) is 69.2 cm³/mol. The molecule has 0 spiro atoms. The topological polar surface area (TPSA) is 49.9 Å². The molecule has 1 fully saturated rings. The second-order valence-corrected chi connectivity index (χ2v) is 4.71. The van der Waals surface area contributed by atoms with Gasteiger partial charge in [-0.15, -0.1) is 0 Å². The maximum atomic E-state index is 12.0. The van der Waals surface area contributed by atoms with Crippen molar-refractivity contribution in [2.45, 2.75) is 39.7 Å². The third-order valence-electron chi connectivity index (χ3n) is 3.46. The van der Waals surface area contributed by atoms with Gasteiger partial charge in [-0.25, -0.2) is 0 Å². The molecule has 5 nitrogen and oxygen atoms in total. The lowest BCUT2D eigenvalue weighted by atomic mass is 10.2. The van der Waals surface area contributed by atoms with Crippen LogP contribution in [0, 0.1) is 0 Å². The molecule has 0 aromatic carbocycles. The van der Waals surface area contributed by atoms with E-state index in [2.05, 4.69) is 0 Å². The molecular formula is C13H24N2O3. The minimum atomic E-state index is 0.0409. The van der Waals surface area contributed by atoms with Crippen LogP contribution in [-0.4, -0.2) is 60.5 Å². The van der Waals surface area contributed by atoms with Gasteiger partial charge in [-0.1, -0.05) is 6.92 Å². The van der Waals surface area contributed by atoms with Crippen LogP contribution >= 0.6 is 0 Å². The van der Waals surface area contributed by atoms with E-state index in [1.54, 1.807) is 11.8 Å². The molecule has 0 aliphatic carbocycles. The highest BCUT2D eigenvalue weighted by Crippen LogP contribution is 2.07. The first-order valence-corrected chi connectivity index (χ1v) is 6.69. The second-order valence-electron chi connectivity index (χ2n) is 4.71. The van der Waals surface area contributed by atoms with Gasteiger partial charge < -0.3 is 14.5 Å². The first kappa shape index (κ1) is 15.0. The smallest absolute Gasteiger partial charge is 0.224 e. The Morgan fingerprint density at radius 3 is 2.44 bits per heavy atom. The maximum Gasteiger partial charge on any atom is 0.224 e. The lowest BCUT2D eigenvalue weighted by molar-refractivity contribution is -0.137. The Morgan fingerprint density at radius 2 is 1.94 bits per heavy atom. The molecule has 1 aliphatic heterocycles. The zero-order valence-corrected chi connectivity index (χ0v) is 11.6. The third kappa shape index (κ3) is 4.29. The molecule has 18 heavy (non-hydrogen) atoms. The van der Waals surface area contributed by atoms with E-state index < -0.39 is 0 Å². The number of carbonyl (C=O) groups is 2. The van der Waals surface area contributed by atoms with Crippen molar-refractivity contribution in [2.24, 2.45) is 0 Å². The summed E-state index contributed by atoms with van der Waals surface area (Å²) in [5.41, 5.74) is 0. The summed E-state index contributed by atoms with van der Waals surface area (Å²) in [7, 11) is 0. The van der Waals surface area contributed by atoms with Crippen LogP contribution in [0.25, 0.3) is 0 Å². The van der Waals surface area contributed by atoms with E-state index in [1.165, 1.54) is 0 Å². The van der Waals surface area contributed by atoms with Gasteiger partial charge in [0.25, 0.3) is 0 Å². The van der Waals surface area contributed by atoms with E-state index >= 15 is 0 Å². The van der Waals surface area contributed by atoms with Crippen LogP contribution in [0.1, 0.15) is 33.6 Å². The second kappa shape index (κ2) is 7.36. The fraction of sp³-hybridized carbons (Fsp3) is 0.846. The standard InChI is InChI=1S/C13H24N2O3/c1-4-11(2)15(12(3)16)6-5-13(17)14-7-9-18-10-8-14/h11H,4-10H2,1-3H3. The Kier molecular flexibility index (Phi) is 6.12. The molecular weight excluding hydrogens is 232 g/mol. The summed E-state index contributed by atoms with van der Waals surface area (Å²) in [6, 6.07) is 0.194. The first-order valence-electron chi connectivity index (χ1n) is 6.69. The van der Waals surface area contributed by atoms with Gasteiger partial charge in [0.15, 0.2) is 0 Å². The summed E-state index contributed by atoms with van der Waals surface area (Å²) in [6.07, 6.45) is 1.31. The number of ether oxygens (including phenoxy) is 1. The van der Waals surface area contributed by atoms with Crippen LogP contribution in [0.15, 0.2) is 0 Å². The van der Waals surface area contributed by atoms with Gasteiger partial charge in [0.1, 0.15) is 0 Å². The third-order valence-corrected chi connectivity index (χ3v) is 3.46. The van der Waals surface area contributed by atoms with Crippen LogP contribution in [0.3, 0.4) is 0 Å². The van der Waals surface area contributed by atoms with Gasteiger partial charge in [-0.3, -0.25) is 9.59 Å². The molecule has 0 radical (unpaired) electrons. The SMILES string of the molecule is CCC(C)N(CCC(=O)N1CCOCC1)C(C)=O. The average Bonchev–Trinajstić information content (AvgIpc) is 2.39. The summed E-state index contributed by atoms with van der Waals surface area (Å²) in [5.74, 6) is 0.159. The van der Waals surface area contributed by atoms with Gasteiger partial charge in [0.2, 0.25) is 11.8 Å². The van der Waals surface area contributed by atoms with Gasteiger partial charge in [0, 0.05) is 39.0 Å². The van der Waals surface area contributed by atoms with E-state index in [0.29, 0.717) is 39.3 Å². The van der Waals surface area contributed by atoms with E-state index in [4.69, 9.17) is 4.74 Å². The highest BCUT2D eigenvalue weighted by molar-refractivity contribution is 5.78. The van der Waals surface area contributed by atoms with Crippen molar-refractivity contribution in [3.8, 4) is 0 Å². The van der Waals surface area contributed by atoms with Gasteiger partial charge in [-0.2, -0.15) is 0 Å². The molecule has 104 valence electrons. The lowest BCUT2D eigenvalue weighted by Gasteiger charge is -2.30. The Morgan fingerprint density at radius 1 is 1.33 bits per heavy atom. The highest BCUT2D eigenvalue weighted by atomic mass is 16.5. The molecule has 0 aromatic heterocycles. The zero-order valence-electron chi connectivity index (χ0n) is 11.6. The van der Waals surface area contributed by atoms with Crippen molar-refractivity contribution in [3.63, 3.8) is 0 Å². The number of rotatable bonds is 5. The van der Waals surface area contributed by atoms with E-state index in [1.807, 2.05) is 18.7 Å². The predicted octanol–water partition coefficient (Wildman–Crippen LogP) is 0.882. The number of carbonyl (C=O) groups excluding carboxylic acids is 2. The molecule has 5 heteroatoms. The molecule has 1 saturated heterocycles. The Bertz CT molecular complexity index is 288. The monoisotopic (exact) mass is 256 g/mol. The fourth-order valence-electron chi connectivity index (χ4n) is 2.10. The molecule has 1 heterocycles. The quantitative estimate of drug-likeness (QED) is 0.734. The van der Waals surface area contributed by atoms with Crippen LogP contribution in [0.4, 0.5) is 0 Å². The average molecular weight is 256 g/mol. The van der Waals surface area contributed by atoms with Crippen molar-refractivity contribution in [3.05, 3.63) is 0 Å². The summed E-state index contributed by atoms with van der Waals surface area (Å²) >= 11 is 0. The molecule has 1 unspecified atom stereocenters. The Balaban J connectivity index is 2.41. The van der Waals surface area contributed by atoms with Crippen molar-refractivity contribution in [1.82, 2.24) is 9.80 Å². The number of nitrogens with zero attached hydrogens (tertiary/aromatic N) is 2. The number of amides is 2. The molecule has 0 N–H and O–H groups in total. The van der Waals surface area contributed by atoms with Crippen LogP contribution in [0.5, 0.6) is 0 Å². The highest BCUT2D eigenvalue weighted by Gasteiger charge is 2.20. The molecule has 1 rings (SSSR count). The maximum absolute atomic E-state index is 12.0. The zero-order chi connectivity index (χ0) is 13.5. The summed E-state index contributed by atoms with van der Waals surface area (Å²) in [6.45, 7) is 8.71. The van der Waals surface area contributed by atoms with Gasteiger partial charge in [0.05, 0.1) is 13.2 Å². The number of morpholine rings is 1. The number of hydrogen-bond acceptors (Lipinski definition) is 3. The Hall–Kier alpha value is -1.10. The summed E-state index contributed by atoms with van der Waals surface area (Å²) in [4.78, 5) is 27.1. The van der Waals surface area contributed by atoms with Crippen molar-refractivity contribution >= 4 is 11.8 Å². The lowest BCUT2D eigenvalue weighted by Crippen LogP contribution is -2.43. The first-order chi connectivity index (χ1) is 8.56. The van der Waals surface area contributed by atoms with Crippen LogP contribution in [-0.2, 0) is 14.3 Å². The van der Waals surface area contributed by atoms with E-state index in [-0.39, 0.29) is 17.9 Å². The largest absolute Gasteiger partial charge is 0.378 e. The molecule has 1 atom stereocenters. The van der Waals surface area contributed by atoms with Gasteiger partial charge >= 0.3 is 0 Å². The minimum absolute atomic E-state index is 0.0409. The Labute approximate surface area is 109 Å². The minimum Gasteiger partial charge on any atom is -0.378 e. The molecule has 0 saturated carbocycles. The molecule has 0 aromatic rings. The summed E-state index contributed by atoms with van der Waals surface area (Å²) in [5, 5.41) is 0. The molecule has 2 amide bonds. The van der Waals surface area contributed by atoms with E-state index in [9.17, 15) is 9.59 Å². The molecule has 0 bridgehead atoms. The van der Waals surface area contributed by atoms with E-state index in [0.717, 1.165) is 6.42 Å². The van der Waals surface area contributed by atoms with Crippen molar-refractivity contribution in [1.29, 1.82) is 0 Å². The number of hydrogen-bond donors (Lipinski definition) is 0. The fourth-order valence-corrected chi connectivity index (χ4v) is 2.10. The van der Waals surface area contributed by atoms with Crippen molar-refractivity contribution < 1.29 is 14.3 Å². The summed E-state index contributed by atoms with van der Waals surface area (Å²) < 4.78 is 5.21. The van der Waals surface area contributed by atoms with Crippen LogP contribution < -0.4 is 0 Å². The van der Waals surface area contributed by atoms with Gasteiger partial charge in [-0.05, 0) is 13.3 Å². The molecule has 1 aliphatic rings. The normalized spacial score (nSPS) is 17.4. The van der Waals surface area contributed by atoms with Crippen molar-refractivity contribution in [2.75, 3.05) is 32.8 Å². The van der Waals surface area contributed by atoms with Crippen LogP contribution in [0.2, 0.25) is 0 Å².